The molecule has 0 spiro atoms. The molecule has 2 rings (SSSR count). The second kappa shape index (κ2) is 8.84. The summed E-state index contributed by atoms with van der Waals surface area (Å²) in [5.74, 6) is 0.361. The van der Waals surface area contributed by atoms with Crippen molar-refractivity contribution < 1.29 is 19.1 Å². The fourth-order valence-corrected chi connectivity index (χ4v) is 5.80. The molecule has 0 aliphatic heterocycles. The van der Waals surface area contributed by atoms with Crippen LogP contribution in [0.3, 0.4) is 0 Å². The quantitative estimate of drug-likeness (QED) is 0.436. The Morgan fingerprint density at radius 2 is 1.82 bits per heavy atom. The van der Waals surface area contributed by atoms with Crippen LogP contribution in [0.25, 0.3) is 0 Å². The monoisotopic (exact) mass is 390 g/mol. The van der Waals surface area contributed by atoms with Gasteiger partial charge in [0.1, 0.15) is 12.7 Å². The van der Waals surface area contributed by atoms with E-state index in [-0.39, 0.29) is 28.9 Å². The van der Waals surface area contributed by atoms with Gasteiger partial charge in [0.05, 0.1) is 0 Å². The van der Waals surface area contributed by atoms with Crippen LogP contribution in [-0.4, -0.2) is 24.6 Å². The summed E-state index contributed by atoms with van der Waals surface area (Å²) in [4.78, 5) is 22.6. The Hall–Kier alpha value is -1.58. The molecule has 0 heterocycles. The number of fused-ring (bicyclic) bond motifs is 1. The molecule has 2 saturated carbocycles. The zero-order chi connectivity index (χ0) is 21.1. The van der Waals surface area contributed by atoms with Crippen LogP contribution in [-0.2, 0) is 19.1 Å². The lowest BCUT2D eigenvalue weighted by Crippen LogP contribution is -2.53. The Bertz CT molecular complexity index is 645. The van der Waals surface area contributed by atoms with Crippen molar-refractivity contribution >= 4 is 11.9 Å². The van der Waals surface area contributed by atoms with Crippen molar-refractivity contribution in [2.45, 2.75) is 86.2 Å². The fraction of sp³-hybridized carbons (Fsp3) is 0.750. The van der Waals surface area contributed by atoms with Crippen molar-refractivity contribution in [1.29, 1.82) is 0 Å². The number of hydrogen-bond acceptors (Lipinski definition) is 4. The molecule has 2 aliphatic carbocycles. The van der Waals surface area contributed by atoms with E-state index in [2.05, 4.69) is 34.3 Å². The first-order valence-corrected chi connectivity index (χ1v) is 10.6. The molecule has 4 heteroatoms. The highest BCUT2D eigenvalue weighted by Gasteiger charge is 2.55. The summed E-state index contributed by atoms with van der Waals surface area (Å²) >= 11 is 0. The van der Waals surface area contributed by atoms with Gasteiger partial charge in [-0.2, -0.15) is 0 Å². The molecule has 0 radical (unpaired) electrons. The molecule has 4 nitrogen and oxygen atoms in total. The van der Waals surface area contributed by atoms with Gasteiger partial charge in [-0.25, -0.2) is 0 Å². The van der Waals surface area contributed by atoms with Crippen molar-refractivity contribution in [1.82, 2.24) is 0 Å². The SMILES string of the molecule is C=C1C(OC(C)=O)CC2C(C)(C)CCCC2(C)C1CCC(C)=CCOC(C)=O. The molecular formula is C24H38O4. The summed E-state index contributed by atoms with van der Waals surface area (Å²) in [6, 6.07) is 0. The molecule has 2 aliphatic rings. The number of rotatable bonds is 6. The molecule has 0 aromatic heterocycles. The van der Waals surface area contributed by atoms with Crippen LogP contribution in [0.4, 0.5) is 0 Å². The normalized spacial score (nSPS) is 32.4. The Morgan fingerprint density at radius 1 is 1.14 bits per heavy atom. The van der Waals surface area contributed by atoms with Crippen molar-refractivity contribution in [2.75, 3.05) is 6.61 Å². The number of allylic oxidation sites excluding steroid dienone is 1. The lowest BCUT2D eigenvalue weighted by molar-refractivity contribution is -0.153. The summed E-state index contributed by atoms with van der Waals surface area (Å²) in [5.41, 5.74) is 2.73. The van der Waals surface area contributed by atoms with E-state index in [1.807, 2.05) is 6.08 Å². The molecule has 0 N–H and O–H groups in total. The lowest BCUT2D eigenvalue weighted by atomic mass is 9.46. The first-order valence-electron chi connectivity index (χ1n) is 10.6. The number of esters is 2. The van der Waals surface area contributed by atoms with Crippen LogP contribution in [0.2, 0.25) is 0 Å². The minimum Gasteiger partial charge on any atom is -0.462 e. The van der Waals surface area contributed by atoms with Crippen molar-refractivity contribution in [2.24, 2.45) is 22.7 Å². The van der Waals surface area contributed by atoms with Crippen LogP contribution in [0, 0.1) is 22.7 Å². The third-order valence-corrected chi connectivity index (χ3v) is 7.24. The van der Waals surface area contributed by atoms with E-state index >= 15 is 0 Å². The maximum atomic E-state index is 11.7. The number of carbonyl (C=O) groups excluding carboxylic acids is 2. The van der Waals surface area contributed by atoms with Crippen LogP contribution in [0.15, 0.2) is 23.8 Å². The van der Waals surface area contributed by atoms with E-state index in [1.54, 1.807) is 0 Å². The zero-order valence-corrected chi connectivity index (χ0v) is 18.6. The molecule has 0 aromatic carbocycles. The van der Waals surface area contributed by atoms with Gasteiger partial charge in [0, 0.05) is 13.8 Å². The predicted molar refractivity (Wildman–Crippen MR) is 112 cm³/mol. The van der Waals surface area contributed by atoms with E-state index in [0.29, 0.717) is 18.4 Å². The van der Waals surface area contributed by atoms with Gasteiger partial charge in [0.25, 0.3) is 0 Å². The van der Waals surface area contributed by atoms with Gasteiger partial charge in [0.2, 0.25) is 0 Å². The molecule has 0 amide bonds. The molecule has 158 valence electrons. The van der Waals surface area contributed by atoms with Crippen molar-refractivity contribution in [3.63, 3.8) is 0 Å². The molecule has 2 fully saturated rings. The van der Waals surface area contributed by atoms with Crippen molar-refractivity contribution in [3.8, 4) is 0 Å². The van der Waals surface area contributed by atoms with E-state index in [1.165, 1.54) is 38.7 Å². The highest BCUT2D eigenvalue weighted by Crippen LogP contribution is 2.62. The Morgan fingerprint density at radius 3 is 2.43 bits per heavy atom. The fourth-order valence-electron chi connectivity index (χ4n) is 5.80. The third kappa shape index (κ3) is 5.07. The Kier molecular flexibility index (Phi) is 7.17. The van der Waals surface area contributed by atoms with Gasteiger partial charge in [0.15, 0.2) is 0 Å². The molecule has 0 saturated heterocycles. The first kappa shape index (κ1) is 22.7. The summed E-state index contributed by atoms with van der Waals surface area (Å²) < 4.78 is 10.7. The summed E-state index contributed by atoms with van der Waals surface area (Å²) in [7, 11) is 0. The van der Waals surface area contributed by atoms with Crippen LogP contribution < -0.4 is 0 Å². The second-order valence-electron chi connectivity index (χ2n) is 9.75. The van der Waals surface area contributed by atoms with E-state index in [9.17, 15) is 9.59 Å². The van der Waals surface area contributed by atoms with Gasteiger partial charge < -0.3 is 9.47 Å². The molecule has 0 bridgehead atoms. The zero-order valence-electron chi connectivity index (χ0n) is 18.6. The maximum absolute atomic E-state index is 11.7. The predicted octanol–water partition coefficient (Wildman–Crippen LogP) is 5.62. The standard InChI is InChI=1S/C24H38O4/c1-16(11-14-27-18(3)25)9-10-20-17(2)21(28-19(4)26)15-22-23(5,6)12-8-13-24(20,22)7/h11,20-22H,2,8-10,12-15H2,1,3-7H3. The molecule has 4 unspecified atom stereocenters. The maximum Gasteiger partial charge on any atom is 0.303 e. The van der Waals surface area contributed by atoms with E-state index in [0.717, 1.165) is 24.8 Å². The molecular weight excluding hydrogens is 352 g/mol. The van der Waals surface area contributed by atoms with E-state index in [4.69, 9.17) is 9.47 Å². The average Bonchev–Trinajstić information content (AvgIpc) is 2.55. The summed E-state index contributed by atoms with van der Waals surface area (Å²) in [5, 5.41) is 0. The van der Waals surface area contributed by atoms with Crippen LogP contribution in [0.5, 0.6) is 0 Å². The molecule has 4 atom stereocenters. The minimum absolute atomic E-state index is 0.178. The molecule has 28 heavy (non-hydrogen) atoms. The summed E-state index contributed by atoms with van der Waals surface area (Å²) in [6.45, 7) is 16.9. The van der Waals surface area contributed by atoms with Gasteiger partial charge in [-0.1, -0.05) is 39.3 Å². The van der Waals surface area contributed by atoms with Crippen LogP contribution >= 0.6 is 0 Å². The number of hydrogen-bond donors (Lipinski definition) is 0. The van der Waals surface area contributed by atoms with Gasteiger partial charge >= 0.3 is 11.9 Å². The van der Waals surface area contributed by atoms with E-state index < -0.39 is 0 Å². The van der Waals surface area contributed by atoms with Crippen molar-refractivity contribution in [3.05, 3.63) is 23.8 Å². The van der Waals surface area contributed by atoms with Gasteiger partial charge in [-0.05, 0) is 73.3 Å². The first-order chi connectivity index (χ1) is 13.0. The minimum atomic E-state index is -0.256. The number of ether oxygens (including phenoxy) is 2. The highest BCUT2D eigenvalue weighted by molar-refractivity contribution is 5.66. The average molecular weight is 391 g/mol. The smallest absolute Gasteiger partial charge is 0.303 e. The van der Waals surface area contributed by atoms with Gasteiger partial charge in [-0.15, -0.1) is 0 Å². The number of carbonyl (C=O) groups is 2. The summed E-state index contributed by atoms with van der Waals surface area (Å²) in [6.07, 6.45) is 8.28. The Labute approximate surface area is 170 Å². The Balaban J connectivity index is 2.21. The van der Waals surface area contributed by atoms with Crippen LogP contribution in [0.1, 0.15) is 80.1 Å². The second-order valence-corrected chi connectivity index (χ2v) is 9.75. The lowest BCUT2D eigenvalue weighted by Gasteiger charge is -2.59. The highest BCUT2D eigenvalue weighted by atomic mass is 16.5. The third-order valence-electron chi connectivity index (χ3n) is 7.24. The topological polar surface area (TPSA) is 52.6 Å². The van der Waals surface area contributed by atoms with Gasteiger partial charge in [-0.3, -0.25) is 9.59 Å². The largest absolute Gasteiger partial charge is 0.462 e. The molecule has 0 aromatic rings.